The van der Waals surface area contributed by atoms with Crippen molar-refractivity contribution >= 4 is 23.2 Å². The van der Waals surface area contributed by atoms with E-state index in [0.717, 1.165) is 28.8 Å². The molecular weight excluding hydrogens is 308 g/mol. The highest BCUT2D eigenvalue weighted by Gasteiger charge is 2.23. The second-order valence-electron chi connectivity index (χ2n) is 5.57. The van der Waals surface area contributed by atoms with E-state index in [1.807, 2.05) is 41.3 Å². The van der Waals surface area contributed by atoms with Gasteiger partial charge in [-0.3, -0.25) is 9.59 Å². The molecule has 0 radical (unpaired) electrons. The average Bonchev–Trinajstić information content (AvgIpc) is 3.06. The molecule has 2 amide bonds. The topological polar surface area (TPSA) is 49.4 Å². The van der Waals surface area contributed by atoms with Gasteiger partial charge in [0, 0.05) is 30.1 Å². The second kappa shape index (κ2) is 6.96. The van der Waals surface area contributed by atoms with Gasteiger partial charge in [-0.15, -0.1) is 11.3 Å². The second-order valence-corrected chi connectivity index (χ2v) is 6.74. The Balaban J connectivity index is 1.53. The normalized spacial score (nSPS) is 13.8. The lowest BCUT2D eigenvalue weighted by Gasteiger charge is -2.28. The first-order valence-electron chi connectivity index (χ1n) is 7.93. The van der Waals surface area contributed by atoms with Crippen LogP contribution in [0.1, 0.15) is 37.4 Å². The van der Waals surface area contributed by atoms with Gasteiger partial charge in [0.2, 0.25) is 0 Å². The maximum atomic E-state index is 12.4. The average molecular weight is 328 g/mol. The predicted molar refractivity (Wildman–Crippen MR) is 92.1 cm³/mol. The summed E-state index contributed by atoms with van der Waals surface area (Å²) in [5.41, 5.74) is 1.90. The third kappa shape index (κ3) is 3.45. The Morgan fingerprint density at radius 3 is 2.87 bits per heavy atom. The molecule has 3 rings (SSSR count). The number of amides is 2. The Labute approximate surface area is 140 Å². The van der Waals surface area contributed by atoms with Crippen molar-refractivity contribution in [1.82, 2.24) is 10.2 Å². The van der Waals surface area contributed by atoms with E-state index in [9.17, 15) is 9.59 Å². The summed E-state index contributed by atoms with van der Waals surface area (Å²) in [7, 11) is 0. The van der Waals surface area contributed by atoms with Crippen LogP contribution < -0.4 is 5.32 Å². The van der Waals surface area contributed by atoms with Crippen molar-refractivity contribution in [2.75, 3.05) is 19.6 Å². The fourth-order valence-electron chi connectivity index (χ4n) is 2.77. The summed E-state index contributed by atoms with van der Waals surface area (Å²) in [4.78, 5) is 28.3. The smallest absolute Gasteiger partial charge is 0.261 e. The molecule has 1 N–H and O–H groups in total. The lowest BCUT2D eigenvalue weighted by Crippen LogP contribution is -2.42. The van der Waals surface area contributed by atoms with Gasteiger partial charge < -0.3 is 10.2 Å². The molecule has 5 heteroatoms. The minimum Gasteiger partial charge on any atom is -0.350 e. The SMILES string of the molecule is CCc1ccc(C(=O)NCCN2CCc3ccccc3C2=O)s1. The molecule has 1 aliphatic heterocycles. The molecule has 1 aromatic heterocycles. The van der Waals surface area contributed by atoms with E-state index in [4.69, 9.17) is 0 Å². The van der Waals surface area contributed by atoms with Crippen molar-refractivity contribution in [2.24, 2.45) is 0 Å². The first-order chi connectivity index (χ1) is 11.2. The van der Waals surface area contributed by atoms with Crippen LogP contribution in [0.2, 0.25) is 0 Å². The van der Waals surface area contributed by atoms with Crippen LogP contribution >= 0.6 is 11.3 Å². The van der Waals surface area contributed by atoms with Crippen molar-refractivity contribution in [3.8, 4) is 0 Å². The molecule has 120 valence electrons. The summed E-state index contributed by atoms with van der Waals surface area (Å²) in [6.07, 6.45) is 1.82. The lowest BCUT2D eigenvalue weighted by molar-refractivity contribution is 0.0733. The molecule has 23 heavy (non-hydrogen) atoms. The Morgan fingerprint density at radius 2 is 2.09 bits per heavy atom. The molecule has 0 spiro atoms. The van der Waals surface area contributed by atoms with Gasteiger partial charge in [-0.05, 0) is 36.6 Å². The highest BCUT2D eigenvalue weighted by atomic mass is 32.1. The predicted octanol–water partition coefficient (Wildman–Crippen LogP) is 2.74. The van der Waals surface area contributed by atoms with Gasteiger partial charge in [0.05, 0.1) is 4.88 Å². The molecule has 2 heterocycles. The zero-order chi connectivity index (χ0) is 16.2. The lowest BCUT2D eigenvalue weighted by atomic mass is 9.99. The molecular formula is C18H20N2O2S. The summed E-state index contributed by atoms with van der Waals surface area (Å²) < 4.78 is 0. The number of carbonyl (C=O) groups is 2. The van der Waals surface area contributed by atoms with Gasteiger partial charge in [0.1, 0.15) is 0 Å². The number of hydrogen-bond acceptors (Lipinski definition) is 3. The number of thiophene rings is 1. The number of carbonyl (C=O) groups excluding carboxylic acids is 2. The maximum Gasteiger partial charge on any atom is 0.261 e. The van der Waals surface area contributed by atoms with Crippen molar-refractivity contribution in [1.29, 1.82) is 0 Å². The van der Waals surface area contributed by atoms with Crippen LogP contribution in [0.15, 0.2) is 36.4 Å². The highest BCUT2D eigenvalue weighted by molar-refractivity contribution is 7.14. The molecule has 0 saturated heterocycles. The molecule has 1 aromatic carbocycles. The summed E-state index contributed by atoms with van der Waals surface area (Å²) in [6.45, 7) is 3.81. The summed E-state index contributed by atoms with van der Waals surface area (Å²) in [6, 6.07) is 11.6. The first-order valence-corrected chi connectivity index (χ1v) is 8.74. The molecule has 0 aliphatic carbocycles. The monoisotopic (exact) mass is 328 g/mol. The van der Waals surface area contributed by atoms with E-state index >= 15 is 0 Å². The zero-order valence-electron chi connectivity index (χ0n) is 13.2. The molecule has 0 bridgehead atoms. The van der Waals surface area contributed by atoms with Gasteiger partial charge in [0.25, 0.3) is 11.8 Å². The number of nitrogens with one attached hydrogen (secondary N) is 1. The van der Waals surface area contributed by atoms with Crippen LogP contribution in [0.4, 0.5) is 0 Å². The third-order valence-corrected chi connectivity index (χ3v) is 5.32. The van der Waals surface area contributed by atoms with Crippen LogP contribution in [0.25, 0.3) is 0 Å². The standard InChI is InChI=1S/C18H20N2O2S/c1-2-14-7-8-16(23-14)17(21)19-10-12-20-11-9-13-5-3-4-6-15(13)18(20)22/h3-8H,2,9-12H2,1H3,(H,19,21). The van der Waals surface area contributed by atoms with Crippen LogP contribution in [0, 0.1) is 0 Å². The number of rotatable bonds is 5. The fourth-order valence-corrected chi connectivity index (χ4v) is 3.63. The van der Waals surface area contributed by atoms with Gasteiger partial charge in [-0.1, -0.05) is 25.1 Å². The first kappa shape index (κ1) is 15.7. The Morgan fingerprint density at radius 1 is 1.26 bits per heavy atom. The third-order valence-electron chi connectivity index (χ3n) is 4.09. The molecule has 0 fully saturated rings. The van der Waals surface area contributed by atoms with Crippen LogP contribution in [-0.4, -0.2) is 36.3 Å². The van der Waals surface area contributed by atoms with Gasteiger partial charge in [0.15, 0.2) is 0 Å². The molecule has 0 atom stereocenters. The highest BCUT2D eigenvalue weighted by Crippen LogP contribution is 2.18. The molecule has 0 saturated carbocycles. The largest absolute Gasteiger partial charge is 0.350 e. The van der Waals surface area contributed by atoms with E-state index in [0.29, 0.717) is 19.6 Å². The van der Waals surface area contributed by atoms with E-state index < -0.39 is 0 Å². The van der Waals surface area contributed by atoms with E-state index in [-0.39, 0.29) is 11.8 Å². The van der Waals surface area contributed by atoms with Crippen molar-refractivity contribution < 1.29 is 9.59 Å². The molecule has 1 aliphatic rings. The Hall–Kier alpha value is -2.14. The number of aryl methyl sites for hydroxylation is 1. The quantitative estimate of drug-likeness (QED) is 0.917. The van der Waals surface area contributed by atoms with Crippen molar-refractivity contribution in [2.45, 2.75) is 19.8 Å². The van der Waals surface area contributed by atoms with Crippen molar-refractivity contribution in [3.63, 3.8) is 0 Å². The maximum absolute atomic E-state index is 12.4. The minimum atomic E-state index is -0.0560. The molecule has 2 aromatic rings. The Kier molecular flexibility index (Phi) is 4.76. The number of fused-ring (bicyclic) bond motifs is 1. The van der Waals surface area contributed by atoms with E-state index in [1.54, 1.807) is 0 Å². The number of benzene rings is 1. The summed E-state index contributed by atoms with van der Waals surface area (Å²) in [5.74, 6) is 0.00468. The number of hydrogen-bond donors (Lipinski definition) is 1. The summed E-state index contributed by atoms with van der Waals surface area (Å²) in [5, 5.41) is 2.91. The van der Waals surface area contributed by atoms with E-state index in [2.05, 4.69) is 12.2 Å². The fraction of sp³-hybridized carbons (Fsp3) is 0.333. The number of nitrogens with zero attached hydrogens (tertiary/aromatic N) is 1. The van der Waals surface area contributed by atoms with Gasteiger partial charge in [-0.25, -0.2) is 0 Å². The van der Waals surface area contributed by atoms with Crippen molar-refractivity contribution in [3.05, 3.63) is 57.3 Å². The van der Waals surface area contributed by atoms with Crippen LogP contribution in [-0.2, 0) is 12.8 Å². The Bertz CT molecular complexity index is 723. The zero-order valence-corrected chi connectivity index (χ0v) is 14.0. The minimum absolute atomic E-state index is 0.0560. The molecule has 0 unspecified atom stereocenters. The van der Waals surface area contributed by atoms with Crippen LogP contribution in [0.5, 0.6) is 0 Å². The van der Waals surface area contributed by atoms with Gasteiger partial charge >= 0.3 is 0 Å². The molecule has 4 nitrogen and oxygen atoms in total. The van der Waals surface area contributed by atoms with Crippen LogP contribution in [0.3, 0.4) is 0 Å². The van der Waals surface area contributed by atoms with E-state index in [1.165, 1.54) is 16.2 Å². The van der Waals surface area contributed by atoms with Gasteiger partial charge in [-0.2, -0.15) is 0 Å². The summed E-state index contributed by atoms with van der Waals surface area (Å²) >= 11 is 1.53.